The van der Waals surface area contributed by atoms with Crippen LogP contribution in [-0.2, 0) is 16.2 Å². The number of hydrogen-bond acceptors (Lipinski definition) is 7. The molecule has 0 aliphatic rings. The average Bonchev–Trinajstić information content (AvgIpc) is 2.72. The van der Waals surface area contributed by atoms with Gasteiger partial charge in [-0.15, -0.1) is 0 Å². The van der Waals surface area contributed by atoms with Crippen molar-refractivity contribution in [3.63, 3.8) is 0 Å². The zero-order valence-electron chi connectivity index (χ0n) is 15.2. The number of likely N-dealkylation sites (N-methyl/N-ethyl adjacent to an activating group) is 1. The molecule has 9 nitrogen and oxygen atoms in total. The monoisotopic (exact) mass is 384 g/mol. The highest BCUT2D eigenvalue weighted by molar-refractivity contribution is 6.34. The number of nitrogens with zero attached hydrogens (tertiary/aromatic N) is 1. The Kier molecular flexibility index (Phi) is 7.09. The van der Waals surface area contributed by atoms with Crippen molar-refractivity contribution < 1.29 is 29.0 Å². The summed E-state index contributed by atoms with van der Waals surface area (Å²) in [5, 5.41) is 16.6. The molecule has 0 bridgehead atoms. The molecule has 146 valence electrons. The molecule has 0 saturated heterocycles. The summed E-state index contributed by atoms with van der Waals surface area (Å²) in [6, 6.07) is 11.1. The lowest BCUT2D eigenvalue weighted by Gasteiger charge is -2.12. The van der Waals surface area contributed by atoms with Gasteiger partial charge in [-0.05, 0) is 34.9 Å². The second-order valence-corrected chi connectivity index (χ2v) is 5.46. The molecule has 0 saturated carbocycles. The predicted octanol–water partition coefficient (Wildman–Crippen LogP) is -0.166. The molecule has 2 aromatic rings. The summed E-state index contributed by atoms with van der Waals surface area (Å²) in [5.74, 6) is -2.01. The Morgan fingerprint density at radius 2 is 1.79 bits per heavy atom. The highest BCUT2D eigenvalue weighted by Crippen LogP contribution is 2.28. The second-order valence-electron chi connectivity index (χ2n) is 5.46. The summed E-state index contributed by atoms with van der Waals surface area (Å²) < 4.78 is 11.0. The normalized spacial score (nSPS) is 10.4. The second kappa shape index (κ2) is 9.72. The van der Waals surface area contributed by atoms with Crippen LogP contribution in [0.2, 0.25) is 0 Å². The number of ether oxygens (including phenoxy) is 2. The molecule has 0 atom stereocenters. The van der Waals surface area contributed by atoms with Gasteiger partial charge < -0.3 is 24.7 Å². The number of amides is 2. The van der Waals surface area contributed by atoms with E-state index in [0.717, 1.165) is 5.56 Å². The summed E-state index contributed by atoms with van der Waals surface area (Å²) in [6.45, 7) is 0.208. The van der Waals surface area contributed by atoms with Crippen LogP contribution in [0.1, 0.15) is 21.5 Å². The van der Waals surface area contributed by atoms with Crippen molar-refractivity contribution >= 4 is 24.0 Å². The number of benzene rings is 2. The van der Waals surface area contributed by atoms with E-state index < -0.39 is 17.8 Å². The lowest BCUT2D eigenvalue weighted by atomic mass is 10.1. The minimum absolute atomic E-state index is 0.0912. The number of nitrogens with one attached hydrogen (secondary N) is 2. The summed E-state index contributed by atoms with van der Waals surface area (Å²) in [6.07, 6.45) is 1.35. The zero-order chi connectivity index (χ0) is 20.5. The number of aromatic carboxylic acids is 1. The van der Waals surface area contributed by atoms with Crippen molar-refractivity contribution in [1.82, 2.24) is 10.7 Å². The van der Waals surface area contributed by atoms with Gasteiger partial charge in [0.05, 0.1) is 19.3 Å². The van der Waals surface area contributed by atoms with Crippen LogP contribution in [0, 0.1) is 0 Å². The summed E-state index contributed by atoms with van der Waals surface area (Å²) >= 11 is 0. The first-order valence-electron chi connectivity index (χ1n) is 8.11. The number of methoxy groups -OCH3 is 1. The van der Waals surface area contributed by atoms with Crippen LogP contribution in [0.15, 0.2) is 47.6 Å². The average molecular weight is 384 g/mol. The van der Waals surface area contributed by atoms with Crippen molar-refractivity contribution in [3.8, 4) is 11.5 Å². The minimum atomic E-state index is -1.24. The van der Waals surface area contributed by atoms with E-state index in [9.17, 15) is 19.5 Å². The fourth-order valence-corrected chi connectivity index (χ4v) is 2.11. The fraction of sp³-hybridized carbons (Fsp3) is 0.158. The van der Waals surface area contributed by atoms with E-state index in [1.165, 1.54) is 32.5 Å². The van der Waals surface area contributed by atoms with Crippen molar-refractivity contribution in [2.45, 2.75) is 6.61 Å². The fourth-order valence-electron chi connectivity index (χ4n) is 2.11. The Balaban J connectivity index is 2.01. The molecular weight excluding hydrogens is 366 g/mol. The summed E-state index contributed by atoms with van der Waals surface area (Å²) in [5.41, 5.74) is 3.57. The number of rotatable bonds is 7. The van der Waals surface area contributed by atoms with E-state index in [1.807, 2.05) is 0 Å². The molecule has 0 fully saturated rings. The van der Waals surface area contributed by atoms with Crippen molar-refractivity contribution in [2.24, 2.45) is 5.10 Å². The molecule has 2 N–H and O–H groups in total. The van der Waals surface area contributed by atoms with Crippen LogP contribution in [0.25, 0.3) is 0 Å². The largest absolute Gasteiger partial charge is 0.545 e. The standard InChI is InChI=1S/C19H19N3O6/c1-20-17(23)18(24)22-21-10-13-5-8-15(16(9-13)27-2)28-11-12-3-6-14(7-4-12)19(25)26/h3-10H,11H2,1-2H3,(H,20,23)(H,22,24)(H,25,26)/p-1/b21-10-. The molecule has 2 amide bonds. The molecular formula is C19H18N3O6-. The van der Waals surface area contributed by atoms with Gasteiger partial charge in [-0.1, -0.05) is 24.3 Å². The van der Waals surface area contributed by atoms with Crippen molar-refractivity contribution in [2.75, 3.05) is 14.2 Å². The maximum Gasteiger partial charge on any atom is 0.329 e. The molecule has 2 rings (SSSR count). The van der Waals surface area contributed by atoms with Gasteiger partial charge in [0.25, 0.3) is 0 Å². The van der Waals surface area contributed by atoms with E-state index >= 15 is 0 Å². The van der Waals surface area contributed by atoms with Crippen molar-refractivity contribution in [1.29, 1.82) is 0 Å². The molecule has 2 aromatic carbocycles. The Morgan fingerprint density at radius 3 is 2.39 bits per heavy atom. The van der Waals surface area contributed by atoms with Gasteiger partial charge in [0, 0.05) is 7.05 Å². The first kappa shape index (κ1) is 20.4. The minimum Gasteiger partial charge on any atom is -0.545 e. The lowest BCUT2D eigenvalue weighted by Crippen LogP contribution is -2.35. The molecule has 9 heteroatoms. The zero-order valence-corrected chi connectivity index (χ0v) is 15.2. The number of carboxylic acids is 1. The van der Waals surface area contributed by atoms with Gasteiger partial charge in [0.2, 0.25) is 0 Å². The van der Waals surface area contributed by atoms with Crippen LogP contribution in [0.5, 0.6) is 11.5 Å². The lowest BCUT2D eigenvalue weighted by molar-refractivity contribution is -0.255. The Morgan fingerprint density at radius 1 is 1.07 bits per heavy atom. The molecule has 0 heterocycles. The number of hydrogen-bond donors (Lipinski definition) is 2. The number of carbonyl (C=O) groups excluding carboxylic acids is 3. The summed E-state index contributed by atoms with van der Waals surface area (Å²) in [7, 11) is 2.82. The first-order valence-corrected chi connectivity index (χ1v) is 8.11. The number of carboxylic acid groups (broad SMARTS) is 1. The number of hydrazone groups is 1. The van der Waals surface area contributed by atoms with Gasteiger partial charge in [-0.2, -0.15) is 5.10 Å². The first-order chi connectivity index (χ1) is 13.4. The molecule has 0 aliphatic carbocycles. The SMILES string of the molecule is CNC(=O)C(=O)N/N=C\c1ccc(OCc2ccc(C(=O)[O-])cc2)c(OC)c1. The quantitative estimate of drug-likeness (QED) is 0.387. The predicted molar refractivity (Wildman–Crippen MR) is 97.9 cm³/mol. The van der Waals surface area contributed by atoms with Gasteiger partial charge >= 0.3 is 11.8 Å². The maximum absolute atomic E-state index is 11.3. The molecule has 0 unspecified atom stereocenters. The molecule has 28 heavy (non-hydrogen) atoms. The van der Waals surface area contributed by atoms with Gasteiger partial charge in [0.1, 0.15) is 6.61 Å². The maximum atomic E-state index is 11.3. The van der Waals surface area contributed by atoms with Crippen LogP contribution in [0.4, 0.5) is 0 Å². The van der Waals surface area contributed by atoms with Crippen LogP contribution < -0.4 is 25.3 Å². The third-order valence-corrected chi connectivity index (χ3v) is 3.58. The summed E-state index contributed by atoms with van der Waals surface area (Å²) in [4.78, 5) is 33.1. The van der Waals surface area contributed by atoms with Crippen molar-refractivity contribution in [3.05, 3.63) is 59.2 Å². The Labute approximate surface area is 161 Å². The molecule has 0 radical (unpaired) electrons. The van der Waals surface area contributed by atoms with E-state index in [2.05, 4.69) is 15.8 Å². The van der Waals surface area contributed by atoms with E-state index in [-0.39, 0.29) is 12.2 Å². The highest BCUT2D eigenvalue weighted by Gasteiger charge is 2.09. The molecule has 0 aliphatic heterocycles. The van der Waals surface area contributed by atoms with Crippen LogP contribution >= 0.6 is 0 Å². The molecule has 0 aromatic heterocycles. The highest BCUT2D eigenvalue weighted by atomic mass is 16.5. The third kappa shape index (κ3) is 5.56. The van der Waals surface area contributed by atoms with E-state index in [4.69, 9.17) is 9.47 Å². The van der Waals surface area contributed by atoms with E-state index in [1.54, 1.807) is 30.3 Å². The molecule has 0 spiro atoms. The van der Waals surface area contributed by atoms with E-state index in [0.29, 0.717) is 17.1 Å². The number of carbonyl (C=O) groups is 3. The van der Waals surface area contributed by atoms with Crippen LogP contribution in [0.3, 0.4) is 0 Å². The topological polar surface area (TPSA) is 129 Å². The van der Waals surface area contributed by atoms with Gasteiger partial charge in [-0.3, -0.25) is 9.59 Å². The van der Waals surface area contributed by atoms with Crippen LogP contribution in [-0.4, -0.2) is 38.2 Å². The Bertz CT molecular complexity index is 893. The van der Waals surface area contributed by atoms with Gasteiger partial charge in [0.15, 0.2) is 11.5 Å². The Hall–Kier alpha value is -3.88. The third-order valence-electron chi connectivity index (χ3n) is 3.58. The smallest absolute Gasteiger partial charge is 0.329 e. The van der Waals surface area contributed by atoms with Gasteiger partial charge in [-0.25, -0.2) is 5.43 Å².